The second-order valence-electron chi connectivity index (χ2n) is 4.81. The first-order valence-corrected chi connectivity index (χ1v) is 6.64. The number of carbonyl (C=O) groups is 1. The van der Waals surface area contributed by atoms with Gasteiger partial charge < -0.3 is 15.7 Å². The smallest absolute Gasteiger partial charge is 0.236 e. The molecule has 2 rings (SSSR count). The first kappa shape index (κ1) is 20.1. The minimum absolute atomic E-state index is 0. The maximum absolute atomic E-state index is 11.5. The van der Waals surface area contributed by atoms with E-state index in [9.17, 15) is 9.90 Å². The normalized spacial score (nSPS) is 16.6. The number of hydrogen-bond donors (Lipinski definition) is 2. The number of nitrogens with zero attached hydrogens (tertiary/aromatic N) is 2. The molecule has 120 valence electrons. The summed E-state index contributed by atoms with van der Waals surface area (Å²) in [4.78, 5) is 15.4. The Morgan fingerprint density at radius 3 is 2.24 bits per heavy atom. The summed E-state index contributed by atoms with van der Waals surface area (Å²) >= 11 is 0. The lowest BCUT2D eigenvalue weighted by atomic mass is 10.1. The summed E-state index contributed by atoms with van der Waals surface area (Å²) < 4.78 is 0. The average Bonchev–Trinajstić information content (AvgIpc) is 2.48. The van der Waals surface area contributed by atoms with Crippen LogP contribution in [-0.2, 0) is 4.79 Å². The molecule has 0 saturated carbocycles. The van der Waals surface area contributed by atoms with Gasteiger partial charge in [-0.15, -0.1) is 24.8 Å². The highest BCUT2D eigenvalue weighted by atomic mass is 35.5. The predicted octanol–water partition coefficient (Wildman–Crippen LogP) is 0.666. The second-order valence-corrected chi connectivity index (χ2v) is 4.81. The van der Waals surface area contributed by atoms with E-state index in [1.807, 2.05) is 30.3 Å². The summed E-state index contributed by atoms with van der Waals surface area (Å²) in [6, 6.07) is 9.65. The van der Waals surface area contributed by atoms with Crippen LogP contribution in [-0.4, -0.2) is 60.1 Å². The van der Waals surface area contributed by atoms with Crippen molar-refractivity contribution in [3.8, 4) is 0 Å². The molecule has 0 radical (unpaired) electrons. The Balaban J connectivity index is 0.00000200. The van der Waals surface area contributed by atoms with Crippen LogP contribution in [0.1, 0.15) is 11.7 Å². The lowest BCUT2D eigenvalue weighted by molar-refractivity contribution is -0.131. The van der Waals surface area contributed by atoms with Gasteiger partial charge in [-0.2, -0.15) is 0 Å². The minimum atomic E-state index is -0.474. The number of rotatable bonds is 4. The quantitative estimate of drug-likeness (QED) is 0.848. The number of benzene rings is 1. The fourth-order valence-electron chi connectivity index (χ4n) is 2.33. The van der Waals surface area contributed by atoms with Crippen LogP contribution in [0.3, 0.4) is 0 Å². The predicted molar refractivity (Wildman–Crippen MR) is 88.0 cm³/mol. The second kappa shape index (κ2) is 9.97. The molecule has 1 saturated heterocycles. The van der Waals surface area contributed by atoms with Crippen LogP contribution in [0.5, 0.6) is 0 Å². The van der Waals surface area contributed by atoms with Crippen molar-refractivity contribution in [1.29, 1.82) is 0 Å². The molecule has 1 fully saturated rings. The van der Waals surface area contributed by atoms with E-state index >= 15 is 0 Å². The summed E-state index contributed by atoms with van der Waals surface area (Å²) in [5, 5.41) is 10.2. The summed E-state index contributed by atoms with van der Waals surface area (Å²) in [5.41, 5.74) is 6.28. The van der Waals surface area contributed by atoms with Gasteiger partial charge in [-0.1, -0.05) is 30.3 Å². The van der Waals surface area contributed by atoms with Gasteiger partial charge in [0, 0.05) is 32.7 Å². The van der Waals surface area contributed by atoms with Crippen LogP contribution >= 0.6 is 24.8 Å². The third kappa shape index (κ3) is 5.80. The monoisotopic (exact) mass is 335 g/mol. The molecule has 1 aromatic carbocycles. The fourth-order valence-corrected chi connectivity index (χ4v) is 2.33. The summed E-state index contributed by atoms with van der Waals surface area (Å²) in [7, 11) is 0. The third-order valence-electron chi connectivity index (χ3n) is 3.52. The number of carbonyl (C=O) groups excluding carboxylic acids is 1. The molecule has 1 aliphatic rings. The maximum atomic E-state index is 11.5. The number of nitrogens with two attached hydrogens (primary N) is 1. The van der Waals surface area contributed by atoms with Gasteiger partial charge in [-0.25, -0.2) is 0 Å². The van der Waals surface area contributed by atoms with Crippen LogP contribution in [0.4, 0.5) is 0 Å². The van der Waals surface area contributed by atoms with Crippen LogP contribution in [0, 0.1) is 0 Å². The van der Waals surface area contributed by atoms with E-state index in [1.54, 1.807) is 4.90 Å². The van der Waals surface area contributed by atoms with Gasteiger partial charge in [0.2, 0.25) is 5.91 Å². The van der Waals surface area contributed by atoms with Crippen molar-refractivity contribution in [2.75, 3.05) is 39.3 Å². The number of amides is 1. The van der Waals surface area contributed by atoms with Gasteiger partial charge in [0.25, 0.3) is 0 Å². The van der Waals surface area contributed by atoms with Gasteiger partial charge in [0.05, 0.1) is 12.6 Å². The van der Waals surface area contributed by atoms with Crippen molar-refractivity contribution in [2.24, 2.45) is 5.73 Å². The Labute approximate surface area is 137 Å². The number of aliphatic hydroxyl groups is 1. The molecule has 1 heterocycles. The van der Waals surface area contributed by atoms with E-state index < -0.39 is 6.10 Å². The molecule has 7 heteroatoms. The molecule has 5 nitrogen and oxygen atoms in total. The Morgan fingerprint density at radius 2 is 1.71 bits per heavy atom. The Hall–Kier alpha value is -0.850. The summed E-state index contributed by atoms with van der Waals surface area (Å²) in [6.45, 7) is 3.64. The minimum Gasteiger partial charge on any atom is -0.387 e. The van der Waals surface area contributed by atoms with Gasteiger partial charge in [-0.05, 0) is 5.56 Å². The SMILES string of the molecule is Cl.Cl.NCC(=O)N1CCN(CC(O)c2ccccc2)CC1. The molecule has 1 amide bonds. The highest BCUT2D eigenvalue weighted by Crippen LogP contribution is 2.14. The molecule has 0 bridgehead atoms. The van der Waals surface area contributed by atoms with Crippen molar-refractivity contribution in [3.05, 3.63) is 35.9 Å². The van der Waals surface area contributed by atoms with Gasteiger partial charge in [0.15, 0.2) is 0 Å². The zero-order valence-corrected chi connectivity index (χ0v) is 13.5. The van der Waals surface area contributed by atoms with E-state index in [1.165, 1.54) is 0 Å². The van der Waals surface area contributed by atoms with Crippen LogP contribution in [0.25, 0.3) is 0 Å². The lowest BCUT2D eigenvalue weighted by Gasteiger charge is -2.35. The van der Waals surface area contributed by atoms with Crippen molar-refractivity contribution in [2.45, 2.75) is 6.10 Å². The Kier molecular flexibility index (Phi) is 9.57. The Morgan fingerprint density at radius 1 is 1.14 bits per heavy atom. The number of hydrogen-bond acceptors (Lipinski definition) is 4. The van der Waals surface area contributed by atoms with E-state index in [0.717, 1.165) is 18.7 Å². The zero-order chi connectivity index (χ0) is 13.7. The molecule has 1 aromatic rings. The summed E-state index contributed by atoms with van der Waals surface area (Å²) in [6.07, 6.45) is -0.474. The fraction of sp³-hybridized carbons (Fsp3) is 0.500. The van der Waals surface area contributed by atoms with E-state index in [2.05, 4.69) is 4.90 Å². The molecular formula is C14H23Cl2N3O2. The maximum Gasteiger partial charge on any atom is 0.236 e. The average molecular weight is 336 g/mol. The Bertz CT molecular complexity index is 412. The molecule has 1 unspecified atom stereocenters. The van der Waals surface area contributed by atoms with Crippen molar-refractivity contribution in [3.63, 3.8) is 0 Å². The summed E-state index contributed by atoms with van der Waals surface area (Å²) in [5.74, 6) is 0.00302. The van der Waals surface area contributed by atoms with E-state index in [0.29, 0.717) is 19.6 Å². The molecule has 1 aliphatic heterocycles. The van der Waals surface area contributed by atoms with Crippen molar-refractivity contribution >= 4 is 30.7 Å². The van der Waals surface area contributed by atoms with Gasteiger partial charge in [0.1, 0.15) is 0 Å². The topological polar surface area (TPSA) is 69.8 Å². The molecule has 0 aromatic heterocycles. The van der Waals surface area contributed by atoms with E-state index in [4.69, 9.17) is 5.73 Å². The lowest BCUT2D eigenvalue weighted by Crippen LogP contribution is -2.51. The molecular weight excluding hydrogens is 313 g/mol. The first-order valence-electron chi connectivity index (χ1n) is 6.64. The number of aliphatic hydroxyl groups excluding tert-OH is 1. The van der Waals surface area contributed by atoms with Gasteiger partial charge in [-0.3, -0.25) is 9.69 Å². The standard InChI is InChI=1S/C14H21N3O2.2ClH/c15-10-14(19)17-8-6-16(7-9-17)11-13(18)12-4-2-1-3-5-12;;/h1-5,13,18H,6-11,15H2;2*1H. The third-order valence-corrected chi connectivity index (χ3v) is 3.52. The van der Waals surface area contributed by atoms with E-state index in [-0.39, 0.29) is 37.3 Å². The van der Waals surface area contributed by atoms with Crippen molar-refractivity contribution in [1.82, 2.24) is 9.80 Å². The van der Waals surface area contributed by atoms with Gasteiger partial charge >= 0.3 is 0 Å². The van der Waals surface area contributed by atoms with Crippen LogP contribution in [0.2, 0.25) is 0 Å². The van der Waals surface area contributed by atoms with Crippen molar-refractivity contribution < 1.29 is 9.90 Å². The largest absolute Gasteiger partial charge is 0.387 e. The van der Waals surface area contributed by atoms with Crippen LogP contribution in [0.15, 0.2) is 30.3 Å². The molecule has 1 atom stereocenters. The number of halogens is 2. The highest BCUT2D eigenvalue weighted by Gasteiger charge is 2.21. The molecule has 0 aliphatic carbocycles. The molecule has 0 spiro atoms. The first-order chi connectivity index (χ1) is 9.20. The number of piperazine rings is 1. The number of β-amino-alcohol motifs (C(OH)–C–C–N with tert-alkyl or cyclic N) is 1. The molecule has 3 N–H and O–H groups in total. The highest BCUT2D eigenvalue weighted by molar-refractivity contribution is 5.85. The van der Waals surface area contributed by atoms with Crippen LogP contribution < -0.4 is 5.73 Å². The zero-order valence-electron chi connectivity index (χ0n) is 11.9. The molecule has 21 heavy (non-hydrogen) atoms.